The van der Waals surface area contributed by atoms with Gasteiger partial charge in [-0.25, -0.2) is 0 Å². The Balaban J connectivity index is 1.52. The zero-order chi connectivity index (χ0) is 21.4. The molecule has 156 valence electrons. The van der Waals surface area contributed by atoms with Gasteiger partial charge in [0.2, 0.25) is 5.91 Å². The van der Waals surface area contributed by atoms with Crippen LogP contribution in [0.4, 0.5) is 0 Å². The fraction of sp³-hybridized carbons (Fsp3) is 0.259. The molecule has 4 heteroatoms. The van der Waals surface area contributed by atoms with Gasteiger partial charge in [0.1, 0.15) is 5.75 Å². The second kappa shape index (κ2) is 8.03. The van der Waals surface area contributed by atoms with Crippen LogP contribution in [0.1, 0.15) is 49.1 Å². The van der Waals surface area contributed by atoms with Gasteiger partial charge in [-0.15, -0.1) is 0 Å². The van der Waals surface area contributed by atoms with Gasteiger partial charge >= 0.3 is 0 Å². The number of Topliss-reactive ketones (excluding diaryl/α,β-unsaturated/α-hetero) is 1. The number of ether oxygens (including phenoxy) is 1. The van der Waals surface area contributed by atoms with E-state index in [-0.39, 0.29) is 23.5 Å². The van der Waals surface area contributed by atoms with Crippen molar-refractivity contribution in [3.8, 4) is 5.75 Å². The van der Waals surface area contributed by atoms with Crippen molar-refractivity contribution < 1.29 is 14.3 Å². The Hall–Kier alpha value is -3.40. The number of carbonyl (C=O) groups is 2. The second-order valence-corrected chi connectivity index (χ2v) is 8.30. The average molecular weight is 412 g/mol. The molecule has 2 aliphatic rings. The number of nitrogens with one attached hydrogen (secondary N) is 1. The standard InChI is InChI=1S/C27H25NO3/c1-2-31-20-12-10-17(11-13-20)19-14-24-27(25(29)15-19)23(16-26(30)28-24)22-9-5-7-18-6-3-4-8-21(18)22/h3-13,19,23H,2,14-16H2,1H3,(H,28,30). The van der Waals surface area contributed by atoms with Gasteiger partial charge in [0, 0.05) is 30.0 Å². The molecule has 5 rings (SSSR count). The van der Waals surface area contributed by atoms with Crippen LogP contribution < -0.4 is 10.1 Å². The van der Waals surface area contributed by atoms with Crippen molar-refractivity contribution >= 4 is 22.5 Å². The van der Waals surface area contributed by atoms with Gasteiger partial charge in [0.05, 0.1) is 6.61 Å². The smallest absolute Gasteiger partial charge is 0.225 e. The topological polar surface area (TPSA) is 55.4 Å². The highest BCUT2D eigenvalue weighted by Gasteiger charge is 2.38. The van der Waals surface area contributed by atoms with E-state index in [1.54, 1.807) is 0 Å². The summed E-state index contributed by atoms with van der Waals surface area (Å²) in [6, 6.07) is 22.3. The molecule has 0 aromatic heterocycles. The first kappa shape index (κ1) is 19.6. The third-order valence-corrected chi connectivity index (χ3v) is 6.40. The van der Waals surface area contributed by atoms with Gasteiger partial charge in [-0.05, 0) is 53.3 Å². The summed E-state index contributed by atoms with van der Waals surface area (Å²) in [7, 11) is 0. The Kier molecular flexibility index (Phi) is 5.06. The third kappa shape index (κ3) is 3.63. The second-order valence-electron chi connectivity index (χ2n) is 8.30. The van der Waals surface area contributed by atoms with Gasteiger partial charge in [-0.3, -0.25) is 9.59 Å². The number of carbonyl (C=O) groups excluding carboxylic acids is 2. The Morgan fingerprint density at radius 1 is 0.903 bits per heavy atom. The number of ketones is 1. The Morgan fingerprint density at radius 3 is 2.48 bits per heavy atom. The minimum Gasteiger partial charge on any atom is -0.494 e. The molecule has 0 spiro atoms. The molecule has 0 fully saturated rings. The number of hydrogen-bond donors (Lipinski definition) is 1. The molecule has 1 N–H and O–H groups in total. The van der Waals surface area contributed by atoms with Crippen LogP contribution in [0.5, 0.6) is 5.75 Å². The van der Waals surface area contributed by atoms with Crippen molar-refractivity contribution in [3.05, 3.63) is 89.1 Å². The molecule has 3 aromatic rings. The Morgan fingerprint density at radius 2 is 1.68 bits per heavy atom. The van der Waals surface area contributed by atoms with Gasteiger partial charge < -0.3 is 10.1 Å². The fourth-order valence-electron chi connectivity index (χ4n) is 5.02. The maximum absolute atomic E-state index is 13.4. The zero-order valence-corrected chi connectivity index (χ0v) is 17.6. The van der Waals surface area contributed by atoms with Gasteiger partial charge in [0.15, 0.2) is 5.78 Å². The summed E-state index contributed by atoms with van der Waals surface area (Å²) >= 11 is 0. The van der Waals surface area contributed by atoms with Crippen molar-refractivity contribution in [2.45, 2.75) is 38.0 Å². The molecule has 1 amide bonds. The molecule has 0 saturated heterocycles. The number of amides is 1. The van der Waals surface area contributed by atoms with Crippen LogP contribution in [-0.2, 0) is 9.59 Å². The number of hydrogen-bond acceptors (Lipinski definition) is 3. The fourth-order valence-corrected chi connectivity index (χ4v) is 5.02. The summed E-state index contributed by atoms with van der Waals surface area (Å²) in [5, 5.41) is 5.26. The molecule has 1 aliphatic heterocycles. The number of fused-ring (bicyclic) bond motifs is 1. The van der Waals surface area contributed by atoms with E-state index in [4.69, 9.17) is 4.74 Å². The van der Waals surface area contributed by atoms with Crippen molar-refractivity contribution in [1.29, 1.82) is 0 Å². The Labute approximate surface area is 181 Å². The first-order valence-electron chi connectivity index (χ1n) is 10.9. The molecule has 4 nitrogen and oxygen atoms in total. The van der Waals surface area contributed by atoms with Crippen molar-refractivity contribution in [2.75, 3.05) is 6.61 Å². The lowest BCUT2D eigenvalue weighted by Crippen LogP contribution is -2.38. The van der Waals surface area contributed by atoms with Gasteiger partial charge in [0.25, 0.3) is 0 Å². The summed E-state index contributed by atoms with van der Waals surface area (Å²) in [5.74, 6) is 0.822. The monoisotopic (exact) mass is 411 g/mol. The predicted molar refractivity (Wildman–Crippen MR) is 121 cm³/mol. The van der Waals surface area contributed by atoms with E-state index < -0.39 is 0 Å². The molecule has 1 heterocycles. The highest BCUT2D eigenvalue weighted by Crippen LogP contribution is 2.44. The normalized spacial score (nSPS) is 21.1. The molecule has 1 aliphatic carbocycles. The number of allylic oxidation sites excluding steroid dienone is 2. The van der Waals surface area contributed by atoms with Gasteiger partial charge in [-0.2, -0.15) is 0 Å². The number of rotatable bonds is 4. The molecule has 2 unspecified atom stereocenters. The lowest BCUT2D eigenvalue weighted by atomic mass is 9.73. The minimum atomic E-state index is -0.191. The maximum Gasteiger partial charge on any atom is 0.225 e. The molecule has 2 atom stereocenters. The van der Waals surface area contributed by atoms with E-state index >= 15 is 0 Å². The van der Waals surface area contributed by atoms with Crippen LogP contribution in [0.25, 0.3) is 10.8 Å². The molecule has 0 radical (unpaired) electrons. The van der Waals surface area contributed by atoms with Gasteiger partial charge in [-0.1, -0.05) is 54.6 Å². The van der Waals surface area contributed by atoms with Crippen molar-refractivity contribution in [1.82, 2.24) is 5.32 Å². The molecule has 3 aromatic carbocycles. The lowest BCUT2D eigenvalue weighted by molar-refractivity contribution is -0.122. The quantitative estimate of drug-likeness (QED) is 0.639. The van der Waals surface area contributed by atoms with Crippen LogP contribution in [0.2, 0.25) is 0 Å². The number of benzene rings is 3. The highest BCUT2D eigenvalue weighted by molar-refractivity contribution is 6.03. The third-order valence-electron chi connectivity index (χ3n) is 6.40. The maximum atomic E-state index is 13.4. The first-order valence-corrected chi connectivity index (χ1v) is 10.9. The van der Waals surface area contributed by atoms with Crippen LogP contribution in [0, 0.1) is 0 Å². The molecular weight excluding hydrogens is 386 g/mol. The summed E-state index contributed by atoms with van der Waals surface area (Å²) < 4.78 is 5.53. The van der Waals surface area contributed by atoms with Crippen LogP contribution in [0.3, 0.4) is 0 Å². The largest absolute Gasteiger partial charge is 0.494 e. The summed E-state index contributed by atoms with van der Waals surface area (Å²) in [6.45, 7) is 2.58. The van der Waals surface area contributed by atoms with E-state index in [0.29, 0.717) is 25.9 Å². The highest BCUT2D eigenvalue weighted by atomic mass is 16.5. The van der Waals surface area contributed by atoms with E-state index in [1.807, 2.05) is 49.4 Å². The van der Waals surface area contributed by atoms with Crippen LogP contribution >= 0.6 is 0 Å². The van der Waals surface area contributed by atoms with E-state index in [2.05, 4.69) is 29.6 Å². The van der Waals surface area contributed by atoms with E-state index in [1.165, 1.54) is 0 Å². The predicted octanol–water partition coefficient (Wildman–Crippen LogP) is 5.24. The summed E-state index contributed by atoms with van der Waals surface area (Å²) in [6.07, 6.45) is 1.44. The molecular formula is C27H25NO3. The molecule has 0 saturated carbocycles. The lowest BCUT2D eigenvalue weighted by Gasteiger charge is -2.35. The van der Waals surface area contributed by atoms with E-state index in [9.17, 15) is 9.59 Å². The summed E-state index contributed by atoms with van der Waals surface area (Å²) in [5.41, 5.74) is 3.75. The first-order chi connectivity index (χ1) is 15.1. The van der Waals surface area contributed by atoms with Crippen molar-refractivity contribution in [2.24, 2.45) is 0 Å². The van der Waals surface area contributed by atoms with Crippen molar-refractivity contribution in [3.63, 3.8) is 0 Å². The Bertz CT molecular complexity index is 1190. The van der Waals surface area contributed by atoms with E-state index in [0.717, 1.165) is 38.9 Å². The minimum absolute atomic E-state index is 0.0168. The van der Waals surface area contributed by atoms with Crippen LogP contribution in [0.15, 0.2) is 78.0 Å². The van der Waals surface area contributed by atoms with Crippen LogP contribution in [-0.4, -0.2) is 18.3 Å². The zero-order valence-electron chi connectivity index (χ0n) is 17.6. The molecule has 0 bridgehead atoms. The SMILES string of the molecule is CCOc1ccc(C2CC(=O)C3=C(C2)NC(=O)CC3c2cccc3ccccc23)cc1. The summed E-state index contributed by atoms with van der Waals surface area (Å²) in [4.78, 5) is 26.0. The molecule has 31 heavy (non-hydrogen) atoms. The average Bonchev–Trinajstić information content (AvgIpc) is 2.78.